The quantitative estimate of drug-likeness (QED) is 0.446. The second-order valence-electron chi connectivity index (χ2n) is 1.67. The molecule has 0 aromatic carbocycles. The van der Waals surface area contributed by atoms with Crippen molar-refractivity contribution in [1.82, 2.24) is 0 Å². The van der Waals surface area contributed by atoms with Gasteiger partial charge in [-0.3, -0.25) is 0 Å². The van der Waals surface area contributed by atoms with E-state index in [-0.39, 0.29) is 4.91 Å². The zero-order valence-electron chi connectivity index (χ0n) is 4.91. The fourth-order valence-electron chi connectivity index (χ4n) is 0.534. The van der Waals surface area contributed by atoms with Crippen molar-refractivity contribution < 1.29 is 8.42 Å². The van der Waals surface area contributed by atoms with E-state index in [9.17, 15) is 8.42 Å². The molecule has 4 heteroatoms. The van der Waals surface area contributed by atoms with Crippen LogP contribution in [-0.2, 0) is 9.05 Å². The molecule has 0 N–H and O–H groups in total. The molecule has 0 radical (unpaired) electrons. The van der Waals surface area contributed by atoms with E-state index in [0.29, 0.717) is 0 Å². The van der Waals surface area contributed by atoms with Gasteiger partial charge in [0.25, 0.3) is 9.05 Å². The van der Waals surface area contributed by atoms with Crippen LogP contribution >= 0.6 is 10.7 Å². The van der Waals surface area contributed by atoms with Crippen molar-refractivity contribution in [2.45, 2.75) is 0 Å². The highest BCUT2D eigenvalue weighted by molar-refractivity contribution is 8.17. The maximum atomic E-state index is 10.6. The topological polar surface area (TPSA) is 34.1 Å². The third-order valence-corrected chi connectivity index (χ3v) is 2.34. The molecule has 10 heavy (non-hydrogen) atoms. The summed E-state index contributed by atoms with van der Waals surface area (Å²) in [4.78, 5) is 0.105. The maximum absolute atomic E-state index is 10.6. The Morgan fingerprint density at radius 3 is 2.50 bits per heavy atom. The predicted octanol–water partition coefficient (Wildman–Crippen LogP) is 1.37. The Kier molecular flexibility index (Phi) is 1.90. The van der Waals surface area contributed by atoms with Crippen molar-refractivity contribution in [2.75, 3.05) is 0 Å². The molecule has 0 fully saturated rings. The summed E-state index contributed by atoms with van der Waals surface area (Å²) in [7, 11) is 1.47. The molecule has 0 unspecified atom stereocenters. The van der Waals surface area contributed by atoms with Gasteiger partial charge in [0, 0.05) is 16.8 Å². The Hall–Kier alpha value is -0.630. The highest BCUT2D eigenvalue weighted by Gasteiger charge is 2.16. The van der Waals surface area contributed by atoms with Gasteiger partial charge in [0.05, 0.1) is 12.2 Å². The van der Waals surface area contributed by atoms with Crippen LogP contribution in [0, 0.1) is 6.08 Å². The minimum absolute atomic E-state index is 0.105. The van der Waals surface area contributed by atoms with Crippen LogP contribution in [0.3, 0.4) is 0 Å². The number of halogens is 1. The standard InChI is InChI=1S/C6H4ClO2S/c7-10(8,9)6-4-2-1-3-5-6/h2-5H/q+1. The van der Waals surface area contributed by atoms with Crippen LogP contribution < -0.4 is 0 Å². The molecule has 0 saturated carbocycles. The van der Waals surface area contributed by atoms with Crippen molar-refractivity contribution in [2.24, 2.45) is 0 Å². The van der Waals surface area contributed by atoms with Crippen LogP contribution in [0.2, 0.25) is 0 Å². The summed E-state index contributed by atoms with van der Waals surface area (Å²) < 4.78 is 21.2. The molecule has 0 spiro atoms. The predicted molar refractivity (Wildman–Crippen MR) is 39.8 cm³/mol. The van der Waals surface area contributed by atoms with Crippen LogP contribution in [0.5, 0.6) is 0 Å². The molecule has 0 saturated heterocycles. The fraction of sp³-hybridized carbons (Fsp3) is 0. The second kappa shape index (κ2) is 2.54. The highest BCUT2D eigenvalue weighted by Crippen LogP contribution is 2.15. The van der Waals surface area contributed by atoms with Crippen molar-refractivity contribution in [3.8, 4) is 0 Å². The van der Waals surface area contributed by atoms with Gasteiger partial charge in [-0.1, -0.05) is 0 Å². The van der Waals surface area contributed by atoms with E-state index >= 15 is 0 Å². The van der Waals surface area contributed by atoms with E-state index in [1.54, 1.807) is 0 Å². The Morgan fingerprint density at radius 2 is 2.20 bits per heavy atom. The Labute approximate surface area is 63.9 Å². The van der Waals surface area contributed by atoms with Gasteiger partial charge < -0.3 is 0 Å². The summed E-state index contributed by atoms with van der Waals surface area (Å²) in [5.41, 5.74) is 0. The van der Waals surface area contributed by atoms with E-state index in [1.165, 1.54) is 24.3 Å². The minimum atomic E-state index is -3.55. The third kappa shape index (κ3) is 1.67. The summed E-state index contributed by atoms with van der Waals surface area (Å²) in [6, 6.07) is 0. The average Bonchev–Trinajstić information content (AvgIpc) is 1.88. The first-order chi connectivity index (χ1) is 4.61. The van der Waals surface area contributed by atoms with Gasteiger partial charge in [-0.15, -0.1) is 0 Å². The fourth-order valence-corrected chi connectivity index (χ4v) is 1.30. The van der Waals surface area contributed by atoms with Gasteiger partial charge in [0.1, 0.15) is 12.2 Å². The number of hydrogen-bond acceptors (Lipinski definition) is 2. The molecule has 0 aromatic heterocycles. The minimum Gasteiger partial charge on any atom is -0.204 e. The molecule has 52 valence electrons. The van der Waals surface area contributed by atoms with Gasteiger partial charge in [-0.25, -0.2) is 8.42 Å². The second-order valence-corrected chi connectivity index (χ2v) is 4.24. The van der Waals surface area contributed by atoms with Crippen molar-refractivity contribution >= 4 is 19.7 Å². The van der Waals surface area contributed by atoms with Gasteiger partial charge >= 0.3 is 0 Å². The molecular formula is C6H4ClO2S+. The van der Waals surface area contributed by atoms with Crippen molar-refractivity contribution in [3.05, 3.63) is 35.3 Å². The molecule has 1 aliphatic carbocycles. The molecular weight excluding hydrogens is 172 g/mol. The van der Waals surface area contributed by atoms with Gasteiger partial charge in [-0.2, -0.15) is 0 Å². The average molecular weight is 176 g/mol. The van der Waals surface area contributed by atoms with E-state index in [4.69, 9.17) is 10.7 Å². The van der Waals surface area contributed by atoms with Crippen LogP contribution in [0.15, 0.2) is 29.2 Å². The zero-order valence-corrected chi connectivity index (χ0v) is 6.48. The summed E-state index contributed by atoms with van der Waals surface area (Å²) in [6.07, 6.45) is 8.45. The molecule has 0 amide bonds. The summed E-state index contributed by atoms with van der Waals surface area (Å²) in [5.74, 6) is 0. The number of allylic oxidation sites excluding steroid dienone is 5. The number of hydrogen-bond donors (Lipinski definition) is 0. The lowest BCUT2D eigenvalue weighted by molar-refractivity contribution is 0.615. The van der Waals surface area contributed by atoms with Crippen LogP contribution in [0.1, 0.15) is 0 Å². The van der Waals surface area contributed by atoms with Crippen LogP contribution in [0.25, 0.3) is 0 Å². The first-order valence-electron chi connectivity index (χ1n) is 2.51. The number of rotatable bonds is 1. The summed E-state index contributed by atoms with van der Waals surface area (Å²) >= 11 is 0. The maximum Gasteiger partial charge on any atom is 0.286 e. The largest absolute Gasteiger partial charge is 0.286 e. The summed E-state index contributed by atoms with van der Waals surface area (Å²) in [5, 5.41) is 0. The highest BCUT2D eigenvalue weighted by atomic mass is 35.7. The lowest BCUT2D eigenvalue weighted by Crippen LogP contribution is -1.92. The Bertz CT molecular complexity index is 309. The molecule has 1 aliphatic rings. The molecule has 2 nitrogen and oxygen atoms in total. The van der Waals surface area contributed by atoms with E-state index in [2.05, 4.69) is 6.08 Å². The smallest absolute Gasteiger partial charge is 0.204 e. The monoisotopic (exact) mass is 175 g/mol. The molecule has 1 rings (SSSR count). The van der Waals surface area contributed by atoms with Gasteiger partial charge in [0.2, 0.25) is 0 Å². The Balaban J connectivity index is 3.08. The third-order valence-electron chi connectivity index (χ3n) is 0.969. The lowest BCUT2D eigenvalue weighted by Gasteiger charge is -1.87. The van der Waals surface area contributed by atoms with Crippen LogP contribution in [0.4, 0.5) is 0 Å². The Morgan fingerprint density at radius 1 is 1.50 bits per heavy atom. The molecule has 0 heterocycles. The van der Waals surface area contributed by atoms with Crippen molar-refractivity contribution in [3.63, 3.8) is 0 Å². The molecule has 0 atom stereocenters. The molecule has 0 aromatic rings. The van der Waals surface area contributed by atoms with Crippen molar-refractivity contribution in [1.29, 1.82) is 0 Å². The van der Waals surface area contributed by atoms with E-state index in [0.717, 1.165) is 0 Å². The van der Waals surface area contributed by atoms with Crippen LogP contribution in [-0.4, -0.2) is 8.42 Å². The normalized spacial score (nSPS) is 16.3. The molecule has 0 bridgehead atoms. The SMILES string of the molecule is O=S(=O)(Cl)C1=CC=[C+]C=C1. The molecule has 0 aliphatic heterocycles. The zero-order chi connectivity index (χ0) is 7.61. The first-order valence-corrected chi connectivity index (χ1v) is 4.82. The van der Waals surface area contributed by atoms with Gasteiger partial charge in [0.15, 0.2) is 4.91 Å². The van der Waals surface area contributed by atoms with E-state index < -0.39 is 9.05 Å². The lowest BCUT2D eigenvalue weighted by atomic mass is 10.3. The summed E-state index contributed by atoms with van der Waals surface area (Å²) in [6.45, 7) is 0. The van der Waals surface area contributed by atoms with E-state index in [1.807, 2.05) is 0 Å². The first kappa shape index (κ1) is 7.48. The van der Waals surface area contributed by atoms with Gasteiger partial charge in [-0.05, 0) is 0 Å².